The molecule has 0 saturated heterocycles. The van der Waals surface area contributed by atoms with Gasteiger partial charge >= 0.3 is 0 Å². The van der Waals surface area contributed by atoms with Crippen LogP contribution in [0.3, 0.4) is 0 Å². The minimum atomic E-state index is -0.0449. The summed E-state index contributed by atoms with van der Waals surface area (Å²) < 4.78 is 0. The lowest BCUT2D eigenvalue weighted by Gasteiger charge is -2.60. The number of rotatable bonds is 0. The van der Waals surface area contributed by atoms with E-state index >= 15 is 0 Å². The Labute approximate surface area is 134 Å². The van der Waals surface area contributed by atoms with Crippen LogP contribution in [-0.2, 0) is 4.79 Å². The summed E-state index contributed by atoms with van der Waals surface area (Å²) in [5.74, 6) is 3.70. The molecule has 0 aromatic heterocycles. The molecule has 8 atom stereocenters. The maximum absolute atomic E-state index is 12.5. The van der Waals surface area contributed by atoms with Crippen molar-refractivity contribution in [2.45, 2.75) is 77.7 Å². The van der Waals surface area contributed by atoms with Crippen LogP contribution in [0.2, 0.25) is 0 Å². The lowest BCUT2D eigenvalue weighted by molar-refractivity contribution is -0.145. The largest absolute Gasteiger partial charge is 0.393 e. The van der Waals surface area contributed by atoms with E-state index in [9.17, 15) is 9.90 Å². The van der Waals surface area contributed by atoms with Crippen molar-refractivity contribution in [3.8, 4) is 0 Å². The van der Waals surface area contributed by atoms with Crippen molar-refractivity contribution in [2.75, 3.05) is 0 Å². The number of hydrogen-bond acceptors (Lipinski definition) is 2. The van der Waals surface area contributed by atoms with Gasteiger partial charge in [0.15, 0.2) is 0 Å². The number of aliphatic hydroxyl groups excluding tert-OH is 1. The second kappa shape index (κ2) is 3.99. The summed E-state index contributed by atoms with van der Waals surface area (Å²) in [5, 5.41) is 10.2. The van der Waals surface area contributed by atoms with Gasteiger partial charge in [-0.1, -0.05) is 13.8 Å². The molecule has 0 aromatic rings. The van der Waals surface area contributed by atoms with Crippen molar-refractivity contribution >= 4 is 5.78 Å². The Morgan fingerprint density at radius 3 is 2.68 bits per heavy atom. The van der Waals surface area contributed by atoms with Crippen molar-refractivity contribution in [3.63, 3.8) is 0 Å². The Balaban J connectivity index is 1.53. The van der Waals surface area contributed by atoms with E-state index in [1.54, 1.807) is 0 Å². The van der Waals surface area contributed by atoms with Gasteiger partial charge in [0.05, 0.1) is 6.10 Å². The van der Waals surface area contributed by atoms with E-state index in [1.165, 1.54) is 25.7 Å². The second-order valence-corrected chi connectivity index (χ2v) is 9.90. The van der Waals surface area contributed by atoms with Crippen molar-refractivity contribution in [1.29, 1.82) is 0 Å². The van der Waals surface area contributed by atoms with E-state index < -0.39 is 0 Å². The molecule has 5 aliphatic rings. The van der Waals surface area contributed by atoms with Gasteiger partial charge in [0.2, 0.25) is 0 Å². The maximum Gasteiger partial charge on any atom is 0.139 e. The molecule has 1 spiro atoms. The second-order valence-electron chi connectivity index (χ2n) is 9.90. The first-order valence-corrected chi connectivity index (χ1v) is 9.62. The van der Waals surface area contributed by atoms with Gasteiger partial charge in [-0.3, -0.25) is 4.79 Å². The zero-order valence-corrected chi connectivity index (χ0v) is 14.1. The van der Waals surface area contributed by atoms with Crippen LogP contribution in [0.4, 0.5) is 0 Å². The first-order valence-electron chi connectivity index (χ1n) is 9.62. The number of carbonyl (C=O) groups is 1. The van der Waals surface area contributed by atoms with E-state index in [-0.39, 0.29) is 11.5 Å². The lowest BCUT2D eigenvalue weighted by Crippen LogP contribution is -2.55. The van der Waals surface area contributed by atoms with Gasteiger partial charge in [-0.25, -0.2) is 0 Å². The molecule has 0 bridgehead atoms. The summed E-state index contributed by atoms with van der Waals surface area (Å²) in [5.41, 5.74) is 0.940. The van der Waals surface area contributed by atoms with Gasteiger partial charge in [-0.05, 0) is 85.9 Å². The van der Waals surface area contributed by atoms with E-state index in [0.29, 0.717) is 22.5 Å². The maximum atomic E-state index is 12.5. The lowest BCUT2D eigenvalue weighted by atomic mass is 9.44. The fourth-order valence-electron chi connectivity index (χ4n) is 8.17. The molecule has 2 heteroatoms. The standard InChI is InChI=1S/C20H30O2/c1-18-7-6-16-14(15(18)3-4-17(18)22)9-12-10-20(12)11-13(21)5-8-19(16,20)2/h12-16,21H,3-11H2,1-2H3/t12-,13?,14?,15?,16?,18?,19?,20-/m0/s1. The van der Waals surface area contributed by atoms with Crippen LogP contribution in [0.1, 0.15) is 71.6 Å². The molecule has 22 heavy (non-hydrogen) atoms. The molecule has 0 aromatic carbocycles. The zero-order valence-electron chi connectivity index (χ0n) is 14.1. The molecule has 0 amide bonds. The third-order valence-corrected chi connectivity index (χ3v) is 9.49. The van der Waals surface area contributed by atoms with Crippen molar-refractivity contribution in [2.24, 2.45) is 39.9 Å². The molecule has 0 heterocycles. The number of hydrogen-bond donors (Lipinski definition) is 1. The van der Waals surface area contributed by atoms with E-state index in [0.717, 1.165) is 49.9 Å². The van der Waals surface area contributed by atoms with Crippen molar-refractivity contribution in [1.82, 2.24) is 0 Å². The number of Topliss-reactive ketones (excluding diaryl/α,β-unsaturated/α-hetero) is 1. The number of fused-ring (bicyclic) bond motifs is 4. The van der Waals surface area contributed by atoms with Crippen LogP contribution >= 0.6 is 0 Å². The zero-order chi connectivity index (χ0) is 15.3. The minimum Gasteiger partial charge on any atom is -0.393 e. The average Bonchev–Trinajstić information content (AvgIpc) is 3.08. The number of aliphatic hydroxyl groups is 1. The van der Waals surface area contributed by atoms with Crippen LogP contribution in [0.5, 0.6) is 0 Å². The van der Waals surface area contributed by atoms with Crippen molar-refractivity contribution in [3.05, 3.63) is 0 Å². The van der Waals surface area contributed by atoms with Gasteiger partial charge in [-0.15, -0.1) is 0 Å². The molecule has 122 valence electrons. The molecule has 5 aliphatic carbocycles. The molecule has 0 aliphatic heterocycles. The highest BCUT2D eigenvalue weighted by molar-refractivity contribution is 5.87. The van der Waals surface area contributed by atoms with Gasteiger partial charge in [0.1, 0.15) is 5.78 Å². The Morgan fingerprint density at radius 1 is 1.05 bits per heavy atom. The molecule has 2 nitrogen and oxygen atoms in total. The molecular weight excluding hydrogens is 272 g/mol. The Kier molecular flexibility index (Phi) is 2.54. The van der Waals surface area contributed by atoms with Crippen LogP contribution in [-0.4, -0.2) is 17.0 Å². The predicted molar refractivity (Wildman–Crippen MR) is 85.2 cm³/mol. The summed E-state index contributed by atoms with van der Waals surface area (Å²) in [4.78, 5) is 12.5. The van der Waals surface area contributed by atoms with E-state index in [4.69, 9.17) is 0 Å². The van der Waals surface area contributed by atoms with Crippen LogP contribution < -0.4 is 0 Å². The number of carbonyl (C=O) groups excluding carboxylic acids is 1. The molecule has 5 fully saturated rings. The fourth-order valence-corrected chi connectivity index (χ4v) is 8.17. The topological polar surface area (TPSA) is 37.3 Å². The summed E-state index contributed by atoms with van der Waals surface area (Å²) in [6.45, 7) is 4.85. The van der Waals surface area contributed by atoms with E-state index in [2.05, 4.69) is 13.8 Å². The molecule has 1 N–H and O–H groups in total. The average molecular weight is 302 g/mol. The number of ketones is 1. The first kappa shape index (κ1) is 14.0. The monoisotopic (exact) mass is 302 g/mol. The van der Waals surface area contributed by atoms with E-state index in [1.807, 2.05) is 0 Å². The van der Waals surface area contributed by atoms with Gasteiger partial charge in [0, 0.05) is 11.8 Å². The quantitative estimate of drug-likeness (QED) is 0.735. The van der Waals surface area contributed by atoms with Crippen LogP contribution in [0.15, 0.2) is 0 Å². The molecule has 5 saturated carbocycles. The molecule has 6 unspecified atom stereocenters. The predicted octanol–water partition coefficient (Wildman–Crippen LogP) is 3.96. The molecule has 0 radical (unpaired) electrons. The van der Waals surface area contributed by atoms with Gasteiger partial charge < -0.3 is 5.11 Å². The minimum absolute atomic E-state index is 0.0145. The van der Waals surface area contributed by atoms with Gasteiger partial charge in [0.25, 0.3) is 0 Å². The third kappa shape index (κ3) is 1.41. The third-order valence-electron chi connectivity index (χ3n) is 9.49. The van der Waals surface area contributed by atoms with Crippen LogP contribution in [0, 0.1) is 39.9 Å². The fraction of sp³-hybridized carbons (Fsp3) is 0.950. The Bertz CT molecular complexity index is 542. The molecule has 5 rings (SSSR count). The summed E-state index contributed by atoms with van der Waals surface area (Å²) >= 11 is 0. The Morgan fingerprint density at radius 2 is 1.86 bits per heavy atom. The molecular formula is C20H30O2. The smallest absolute Gasteiger partial charge is 0.139 e. The summed E-state index contributed by atoms with van der Waals surface area (Å²) in [6, 6.07) is 0. The van der Waals surface area contributed by atoms with Crippen LogP contribution in [0.25, 0.3) is 0 Å². The highest BCUT2D eigenvalue weighted by Gasteiger charge is 2.73. The van der Waals surface area contributed by atoms with Crippen molar-refractivity contribution < 1.29 is 9.90 Å². The first-order chi connectivity index (χ1) is 10.4. The SMILES string of the molecule is CC12CCC3C(C[C@H]4C[C@]45CC(O)CCC35C)C1CCC2=O. The summed E-state index contributed by atoms with van der Waals surface area (Å²) in [6.07, 6.45) is 10.4. The normalized spacial score (nSPS) is 62.7. The Hall–Kier alpha value is -0.370. The highest BCUT2D eigenvalue weighted by Crippen LogP contribution is 2.80. The van der Waals surface area contributed by atoms with Gasteiger partial charge in [-0.2, -0.15) is 0 Å². The highest BCUT2D eigenvalue weighted by atomic mass is 16.3. The summed E-state index contributed by atoms with van der Waals surface area (Å²) in [7, 11) is 0.